The van der Waals surface area contributed by atoms with Crippen LogP contribution in [0.5, 0.6) is 17.2 Å². The van der Waals surface area contributed by atoms with Gasteiger partial charge in [-0.25, -0.2) is 8.42 Å². The molecular weight excluding hydrogens is 524 g/mol. The van der Waals surface area contributed by atoms with Gasteiger partial charge in [0.2, 0.25) is 0 Å². The number of aromatic amines is 1. The molecule has 0 unspecified atom stereocenters. The number of hydrogen-bond acceptors (Lipinski definition) is 10. The first-order valence-corrected chi connectivity index (χ1v) is 14.2. The Labute approximate surface area is 225 Å². The minimum Gasteiger partial charge on any atom is -0.495 e. The first kappa shape index (κ1) is 25.3. The highest BCUT2D eigenvalue weighted by atomic mass is 32.2. The van der Waals surface area contributed by atoms with Crippen LogP contribution in [0.1, 0.15) is 36.4 Å². The number of rotatable bonds is 11. The van der Waals surface area contributed by atoms with Gasteiger partial charge in [-0.15, -0.1) is 0 Å². The van der Waals surface area contributed by atoms with Gasteiger partial charge in [0, 0.05) is 30.3 Å². The van der Waals surface area contributed by atoms with Crippen LogP contribution in [0.3, 0.4) is 0 Å². The first-order chi connectivity index (χ1) is 18.9. The van der Waals surface area contributed by atoms with E-state index < -0.39 is 10.0 Å². The number of nitrogens with one attached hydrogen (secondary N) is 3. The summed E-state index contributed by atoms with van der Waals surface area (Å²) in [5.74, 6) is 2.02. The summed E-state index contributed by atoms with van der Waals surface area (Å²) in [6.07, 6.45) is 3.48. The van der Waals surface area contributed by atoms with Gasteiger partial charge in [0.25, 0.3) is 10.0 Å². The van der Waals surface area contributed by atoms with Crippen molar-refractivity contribution in [3.05, 3.63) is 41.6 Å². The molecule has 13 heteroatoms. The number of benzene rings is 2. The predicted octanol–water partition coefficient (Wildman–Crippen LogP) is 4.20. The summed E-state index contributed by atoms with van der Waals surface area (Å²) in [6.45, 7) is 2.70. The molecule has 6 rings (SSSR count). The Balaban J connectivity index is 1.30. The summed E-state index contributed by atoms with van der Waals surface area (Å²) >= 11 is 0. The number of ether oxygens (including phenoxy) is 3. The summed E-state index contributed by atoms with van der Waals surface area (Å²) < 4.78 is 51.8. The molecule has 1 saturated heterocycles. The number of methoxy groups -OCH3 is 3. The van der Waals surface area contributed by atoms with Crippen molar-refractivity contribution < 1.29 is 27.2 Å². The fourth-order valence-electron chi connectivity index (χ4n) is 4.71. The van der Waals surface area contributed by atoms with E-state index in [4.69, 9.17) is 18.7 Å². The summed E-state index contributed by atoms with van der Waals surface area (Å²) in [6, 6.07) is 8.76. The summed E-state index contributed by atoms with van der Waals surface area (Å²) in [5, 5.41) is 15.0. The van der Waals surface area contributed by atoms with Crippen LogP contribution in [0, 0.1) is 0 Å². The maximum atomic E-state index is 13.6. The Morgan fingerprint density at radius 1 is 1.03 bits per heavy atom. The average molecular weight is 555 g/mol. The van der Waals surface area contributed by atoms with Crippen LogP contribution in [0.4, 0.5) is 17.3 Å². The topological polar surface area (TPSA) is 144 Å². The molecule has 0 radical (unpaired) electrons. The second-order valence-corrected chi connectivity index (χ2v) is 11.4. The molecule has 2 aromatic carbocycles. The molecule has 12 nitrogen and oxygen atoms in total. The van der Waals surface area contributed by atoms with Gasteiger partial charge >= 0.3 is 0 Å². The van der Waals surface area contributed by atoms with Crippen molar-refractivity contribution in [1.29, 1.82) is 0 Å². The van der Waals surface area contributed by atoms with E-state index in [2.05, 4.69) is 30.3 Å². The zero-order valence-corrected chi connectivity index (χ0v) is 22.7. The number of hydrogen-bond donors (Lipinski definition) is 3. The van der Waals surface area contributed by atoms with Crippen LogP contribution in [0.25, 0.3) is 11.0 Å². The van der Waals surface area contributed by atoms with Crippen LogP contribution in [0.15, 0.2) is 39.8 Å². The molecule has 1 saturated carbocycles. The standard InChI is InChI=1S/C26H30N6O6S/c1-35-21-11-17-20(12-19(21)27-24-13-18(28-29-24)16-5-6-16)38-30-26(17)31-39(33,34)25-22(36-2)9-15(10-23(25)37-3)14-32-7-4-8-32/h9-13,16H,4-8,14H2,1-3H3,(H,30,31)(H2,27,28,29). The van der Waals surface area contributed by atoms with Gasteiger partial charge < -0.3 is 24.1 Å². The number of nitrogens with zero attached hydrogens (tertiary/aromatic N) is 3. The van der Waals surface area contributed by atoms with Crippen molar-refractivity contribution >= 4 is 38.3 Å². The summed E-state index contributed by atoms with van der Waals surface area (Å²) in [7, 11) is 0.207. The van der Waals surface area contributed by atoms with E-state index in [0.29, 0.717) is 40.7 Å². The van der Waals surface area contributed by atoms with Crippen LogP contribution >= 0.6 is 0 Å². The molecule has 2 aromatic heterocycles. The van der Waals surface area contributed by atoms with Gasteiger partial charge in [-0.05, 0) is 56.1 Å². The van der Waals surface area contributed by atoms with Gasteiger partial charge in [-0.2, -0.15) is 5.10 Å². The van der Waals surface area contributed by atoms with Crippen molar-refractivity contribution in [2.45, 2.75) is 36.6 Å². The highest BCUT2D eigenvalue weighted by molar-refractivity contribution is 7.93. The maximum absolute atomic E-state index is 13.6. The lowest BCUT2D eigenvalue weighted by atomic mass is 10.1. The minimum absolute atomic E-state index is 0.0133. The SMILES string of the molecule is COc1cc2c(NS(=O)(=O)c3c(OC)cc(CN4CCC4)cc3OC)noc2cc1Nc1cc(C2CC2)[nH]n1. The van der Waals surface area contributed by atoms with Crippen molar-refractivity contribution in [3.63, 3.8) is 0 Å². The highest BCUT2D eigenvalue weighted by Crippen LogP contribution is 2.41. The fraction of sp³-hybridized carbons (Fsp3) is 0.385. The number of likely N-dealkylation sites (tertiary alicyclic amines) is 1. The Morgan fingerprint density at radius 3 is 2.36 bits per heavy atom. The summed E-state index contributed by atoms with van der Waals surface area (Å²) in [5.41, 5.74) is 2.96. The molecule has 2 aliphatic rings. The van der Waals surface area contributed by atoms with Crippen molar-refractivity contribution in [1.82, 2.24) is 20.3 Å². The van der Waals surface area contributed by atoms with Gasteiger partial charge in [-0.1, -0.05) is 5.16 Å². The van der Waals surface area contributed by atoms with E-state index in [9.17, 15) is 8.42 Å². The lowest BCUT2D eigenvalue weighted by Gasteiger charge is -2.31. The molecule has 206 valence electrons. The van der Waals surface area contributed by atoms with E-state index in [1.54, 1.807) is 24.3 Å². The minimum atomic E-state index is -4.18. The molecule has 4 aromatic rings. The molecule has 0 bridgehead atoms. The monoisotopic (exact) mass is 554 g/mol. The van der Waals surface area contributed by atoms with E-state index >= 15 is 0 Å². The normalized spacial score (nSPS) is 15.7. The zero-order chi connectivity index (χ0) is 27.1. The molecule has 0 atom stereocenters. The second kappa shape index (κ2) is 9.97. The third kappa shape index (κ3) is 4.94. The summed E-state index contributed by atoms with van der Waals surface area (Å²) in [4.78, 5) is 2.14. The quantitative estimate of drug-likeness (QED) is 0.247. The third-order valence-electron chi connectivity index (χ3n) is 7.04. The fourth-order valence-corrected chi connectivity index (χ4v) is 6.03. The van der Waals surface area contributed by atoms with Gasteiger partial charge in [0.1, 0.15) is 17.2 Å². The smallest absolute Gasteiger partial charge is 0.270 e. The number of fused-ring (bicyclic) bond motifs is 1. The van der Waals surface area contributed by atoms with Gasteiger partial charge in [0.15, 0.2) is 22.1 Å². The number of H-pyrrole nitrogens is 1. The van der Waals surface area contributed by atoms with E-state index in [0.717, 1.165) is 43.6 Å². The molecule has 3 heterocycles. The molecular formula is C26H30N6O6S. The highest BCUT2D eigenvalue weighted by Gasteiger charge is 2.29. The van der Waals surface area contributed by atoms with Gasteiger partial charge in [-0.3, -0.25) is 14.7 Å². The molecule has 0 amide bonds. The van der Waals surface area contributed by atoms with Crippen molar-refractivity contribution in [2.75, 3.05) is 44.5 Å². The van der Waals surface area contributed by atoms with E-state index in [-0.39, 0.29) is 22.2 Å². The Hall–Kier alpha value is -3.97. The first-order valence-electron chi connectivity index (χ1n) is 12.7. The average Bonchev–Trinajstić information content (AvgIpc) is 3.54. The van der Waals surface area contributed by atoms with E-state index in [1.807, 2.05) is 6.07 Å². The lowest BCUT2D eigenvalue weighted by molar-refractivity contribution is 0.172. The lowest BCUT2D eigenvalue weighted by Crippen LogP contribution is -2.36. The molecule has 2 fully saturated rings. The predicted molar refractivity (Wildman–Crippen MR) is 145 cm³/mol. The molecule has 1 aliphatic heterocycles. The Bertz CT molecular complexity index is 1600. The Kier molecular flexibility index (Phi) is 6.47. The molecule has 0 spiro atoms. The largest absolute Gasteiger partial charge is 0.495 e. The Morgan fingerprint density at radius 2 is 1.74 bits per heavy atom. The molecule has 1 aliphatic carbocycles. The van der Waals surface area contributed by atoms with E-state index in [1.165, 1.54) is 21.3 Å². The van der Waals surface area contributed by atoms with Crippen molar-refractivity contribution in [2.24, 2.45) is 0 Å². The van der Waals surface area contributed by atoms with Gasteiger partial charge in [0.05, 0.1) is 32.4 Å². The maximum Gasteiger partial charge on any atom is 0.270 e. The number of aromatic nitrogens is 3. The molecule has 39 heavy (non-hydrogen) atoms. The van der Waals surface area contributed by atoms with Crippen molar-refractivity contribution in [3.8, 4) is 17.2 Å². The van der Waals surface area contributed by atoms with Crippen LogP contribution in [-0.4, -0.2) is 63.1 Å². The molecule has 3 N–H and O–H groups in total. The van der Waals surface area contributed by atoms with Crippen LogP contribution < -0.4 is 24.2 Å². The third-order valence-corrected chi connectivity index (χ3v) is 8.45. The number of anilines is 3. The van der Waals surface area contributed by atoms with Crippen LogP contribution in [-0.2, 0) is 16.6 Å². The second-order valence-electron chi connectivity index (χ2n) is 9.75. The zero-order valence-electron chi connectivity index (χ0n) is 21.9. The number of sulfonamides is 1. The van der Waals surface area contributed by atoms with Crippen LogP contribution in [0.2, 0.25) is 0 Å².